The quantitative estimate of drug-likeness (QED) is 0.217. The highest BCUT2D eigenvalue weighted by Crippen LogP contribution is 2.30. The molecule has 9 heteroatoms. The Hall–Kier alpha value is -3.62. The van der Waals surface area contributed by atoms with Crippen LogP contribution in [0.15, 0.2) is 41.5 Å². The van der Waals surface area contributed by atoms with Gasteiger partial charge in [0.25, 0.3) is 11.8 Å². The van der Waals surface area contributed by atoms with Gasteiger partial charge in [-0.2, -0.15) is 10.1 Å². The third-order valence-corrected chi connectivity index (χ3v) is 4.30. The van der Waals surface area contributed by atoms with Gasteiger partial charge >= 0.3 is 0 Å². The normalized spacial score (nSPS) is 13.8. The number of carbonyl (C=O) groups excluding carboxylic acids is 2. The van der Waals surface area contributed by atoms with E-state index in [1.807, 2.05) is 0 Å². The molecule has 0 N–H and O–H groups in total. The van der Waals surface area contributed by atoms with Crippen LogP contribution in [0.1, 0.15) is 26.3 Å². The summed E-state index contributed by atoms with van der Waals surface area (Å²) < 4.78 is 67.3. The van der Waals surface area contributed by atoms with Gasteiger partial charge in [0.15, 0.2) is 23.3 Å². The number of carbonyl (C=O) groups is 2. The molecule has 0 radical (unpaired) electrons. The van der Waals surface area contributed by atoms with Gasteiger partial charge in [-0.1, -0.05) is 24.3 Å². The third-order valence-electron chi connectivity index (χ3n) is 4.30. The number of halogens is 5. The topological polar surface area (TPSA) is 49.7 Å². The van der Waals surface area contributed by atoms with Crippen molar-refractivity contribution in [2.75, 3.05) is 0 Å². The molecule has 0 saturated heterocycles. The summed E-state index contributed by atoms with van der Waals surface area (Å²) in [5.41, 5.74) is -1.14. The average Bonchev–Trinajstić information content (AvgIpc) is 2.71. The molecule has 140 valence electrons. The smallest absolute Gasteiger partial charge is 0.267 e. The van der Waals surface area contributed by atoms with Crippen molar-refractivity contribution in [1.82, 2.24) is 5.01 Å². The van der Waals surface area contributed by atoms with Gasteiger partial charge in [0.2, 0.25) is 5.82 Å². The van der Waals surface area contributed by atoms with E-state index in [1.54, 1.807) is 24.3 Å². The Labute approximate surface area is 153 Å². The first-order valence-electron chi connectivity index (χ1n) is 7.79. The Morgan fingerprint density at radius 3 is 1.68 bits per heavy atom. The Bertz CT molecular complexity index is 1140. The number of rotatable bonds is 2. The summed E-state index contributed by atoms with van der Waals surface area (Å²) >= 11 is 0. The molecule has 28 heavy (non-hydrogen) atoms. The molecule has 0 fully saturated rings. The Kier molecular flexibility index (Phi) is 3.95. The van der Waals surface area contributed by atoms with E-state index in [-0.39, 0.29) is 17.3 Å². The number of hydrogen-bond donors (Lipinski definition) is 0. The van der Waals surface area contributed by atoms with Crippen LogP contribution in [0.25, 0.3) is 10.8 Å². The second-order valence-electron chi connectivity index (χ2n) is 5.86. The van der Waals surface area contributed by atoms with Crippen molar-refractivity contribution in [2.45, 2.75) is 0 Å². The molecule has 0 aromatic heterocycles. The minimum absolute atomic E-state index is 0.113. The van der Waals surface area contributed by atoms with Crippen molar-refractivity contribution in [3.63, 3.8) is 0 Å². The van der Waals surface area contributed by atoms with Crippen LogP contribution in [-0.2, 0) is 0 Å². The van der Waals surface area contributed by atoms with Crippen LogP contribution in [0.4, 0.5) is 22.0 Å². The second-order valence-corrected chi connectivity index (χ2v) is 5.86. The monoisotopic (exact) mass is 390 g/mol. The summed E-state index contributed by atoms with van der Waals surface area (Å²) in [5.74, 6) is -12.7. The summed E-state index contributed by atoms with van der Waals surface area (Å²) in [7, 11) is 0. The maximum absolute atomic E-state index is 13.8. The number of nitrogens with zero attached hydrogens (tertiary/aromatic N) is 2. The van der Waals surface area contributed by atoms with Crippen molar-refractivity contribution in [3.05, 3.63) is 82.2 Å². The van der Waals surface area contributed by atoms with Crippen LogP contribution in [0.2, 0.25) is 0 Å². The molecule has 1 aliphatic heterocycles. The summed E-state index contributed by atoms with van der Waals surface area (Å²) in [6, 6.07) is 9.39. The predicted molar refractivity (Wildman–Crippen MR) is 88.3 cm³/mol. The van der Waals surface area contributed by atoms with Gasteiger partial charge < -0.3 is 0 Å². The van der Waals surface area contributed by atoms with Crippen LogP contribution < -0.4 is 0 Å². The Balaban J connectivity index is 1.83. The maximum atomic E-state index is 13.8. The lowest BCUT2D eigenvalue weighted by Gasteiger charge is -2.23. The first kappa shape index (κ1) is 17.8. The van der Waals surface area contributed by atoms with E-state index in [0.717, 1.165) is 0 Å². The Morgan fingerprint density at radius 1 is 0.714 bits per heavy atom. The lowest BCUT2D eigenvalue weighted by molar-refractivity contribution is 0.0616. The van der Waals surface area contributed by atoms with Crippen LogP contribution >= 0.6 is 0 Å². The zero-order valence-corrected chi connectivity index (χ0v) is 13.6. The highest BCUT2D eigenvalue weighted by Gasteiger charge is 2.33. The van der Waals surface area contributed by atoms with E-state index in [2.05, 4.69) is 5.10 Å². The molecule has 0 atom stereocenters. The predicted octanol–water partition coefficient (Wildman–Crippen LogP) is 4.17. The number of hydrogen-bond acceptors (Lipinski definition) is 3. The first-order chi connectivity index (χ1) is 13.3. The first-order valence-corrected chi connectivity index (χ1v) is 7.79. The van der Waals surface area contributed by atoms with Crippen molar-refractivity contribution in [1.29, 1.82) is 0 Å². The molecule has 3 aromatic carbocycles. The van der Waals surface area contributed by atoms with Gasteiger partial charge in [-0.15, -0.1) is 0 Å². The molecule has 0 saturated carbocycles. The second kappa shape index (κ2) is 6.22. The molecule has 2 amide bonds. The van der Waals surface area contributed by atoms with Gasteiger partial charge in [0.1, 0.15) is 0 Å². The fourth-order valence-corrected chi connectivity index (χ4v) is 2.97. The summed E-state index contributed by atoms with van der Waals surface area (Å²) in [5, 5.41) is 4.74. The molecule has 1 aliphatic rings. The molecule has 0 bridgehead atoms. The average molecular weight is 390 g/mol. The molecule has 0 spiro atoms. The lowest BCUT2D eigenvalue weighted by atomic mass is 9.95. The lowest BCUT2D eigenvalue weighted by Crippen LogP contribution is -2.36. The van der Waals surface area contributed by atoms with Gasteiger partial charge in [0.05, 0.1) is 22.9 Å². The molecule has 0 aliphatic carbocycles. The van der Waals surface area contributed by atoms with E-state index >= 15 is 0 Å². The van der Waals surface area contributed by atoms with Gasteiger partial charge in [-0.3, -0.25) is 9.59 Å². The summed E-state index contributed by atoms with van der Waals surface area (Å²) in [4.78, 5) is 25.2. The highest BCUT2D eigenvalue weighted by atomic mass is 19.2. The van der Waals surface area contributed by atoms with Gasteiger partial charge in [-0.25, -0.2) is 22.0 Å². The summed E-state index contributed by atoms with van der Waals surface area (Å²) in [6.07, 6.45) is 0.250. The summed E-state index contributed by atoms with van der Waals surface area (Å²) in [6.45, 7) is 0. The van der Waals surface area contributed by atoms with E-state index < -0.39 is 46.5 Å². The van der Waals surface area contributed by atoms with Crippen molar-refractivity contribution >= 4 is 28.8 Å². The number of benzene rings is 3. The highest BCUT2D eigenvalue weighted by molar-refractivity contribution is 6.25. The zero-order chi connectivity index (χ0) is 20.2. The number of hydrazone groups is 1. The van der Waals surface area contributed by atoms with Gasteiger partial charge in [0, 0.05) is 5.39 Å². The standard InChI is InChI=1S/C19H7F5N2O2/c20-13-11(14(21)16(23)17(24)15(13)22)7-25-26-18(27)9-5-1-3-8-4-2-6-10(12(8)9)19(26)28/h1-7H/b25-7-. The number of amides is 2. The van der Waals surface area contributed by atoms with E-state index in [9.17, 15) is 31.5 Å². The Morgan fingerprint density at radius 2 is 1.18 bits per heavy atom. The van der Waals surface area contributed by atoms with Gasteiger partial charge in [-0.05, 0) is 17.5 Å². The third kappa shape index (κ3) is 2.39. The van der Waals surface area contributed by atoms with Crippen molar-refractivity contribution in [2.24, 2.45) is 5.10 Å². The van der Waals surface area contributed by atoms with Crippen molar-refractivity contribution in [3.8, 4) is 0 Å². The molecule has 4 nitrogen and oxygen atoms in total. The zero-order valence-electron chi connectivity index (χ0n) is 13.6. The largest absolute Gasteiger partial charge is 0.282 e. The molecule has 3 aromatic rings. The van der Waals surface area contributed by atoms with E-state index in [1.165, 1.54) is 12.1 Å². The minimum Gasteiger partial charge on any atom is -0.267 e. The fraction of sp³-hybridized carbons (Fsp3) is 0. The minimum atomic E-state index is -2.32. The maximum Gasteiger partial charge on any atom is 0.282 e. The number of imide groups is 1. The fourth-order valence-electron chi connectivity index (χ4n) is 2.97. The van der Waals surface area contributed by atoms with Crippen molar-refractivity contribution < 1.29 is 31.5 Å². The molecule has 0 unspecified atom stereocenters. The molecule has 1 heterocycles. The van der Waals surface area contributed by atoms with Crippen LogP contribution in [-0.4, -0.2) is 23.0 Å². The van der Waals surface area contributed by atoms with Crippen LogP contribution in [0.5, 0.6) is 0 Å². The van der Waals surface area contributed by atoms with Crippen LogP contribution in [0.3, 0.4) is 0 Å². The van der Waals surface area contributed by atoms with E-state index in [0.29, 0.717) is 15.8 Å². The van der Waals surface area contributed by atoms with Crippen LogP contribution in [0, 0.1) is 29.1 Å². The molecule has 4 rings (SSSR count). The molecular weight excluding hydrogens is 383 g/mol. The van der Waals surface area contributed by atoms with E-state index in [4.69, 9.17) is 0 Å². The SMILES string of the molecule is O=C1c2cccc3cccc(c23)C(=O)N1/N=C\c1c(F)c(F)c(F)c(F)c1F. The molecular formula is C19H7F5N2O2.